The van der Waals surface area contributed by atoms with E-state index < -0.39 is 0 Å². The van der Waals surface area contributed by atoms with Crippen LogP contribution in [-0.2, 0) is 4.79 Å². The first-order valence-electron chi connectivity index (χ1n) is 10.1. The van der Waals surface area contributed by atoms with Gasteiger partial charge in [0, 0.05) is 55.9 Å². The Morgan fingerprint density at radius 3 is 2.97 bits per heavy atom. The van der Waals surface area contributed by atoms with Crippen molar-refractivity contribution >= 4 is 25.3 Å². The molecule has 1 N–H and O–H groups in total. The van der Waals surface area contributed by atoms with E-state index in [9.17, 15) is 4.79 Å². The largest absolute Gasteiger partial charge is 0.368 e. The Bertz CT molecular complexity index is 1080. The topological polar surface area (TPSA) is 52.9 Å². The molecule has 6 nitrogen and oxygen atoms in total. The highest BCUT2D eigenvalue weighted by atomic mass is 31.1. The lowest BCUT2D eigenvalue weighted by molar-refractivity contribution is -0.123. The predicted octanol–water partition coefficient (Wildman–Crippen LogP) is 2.84. The number of hydrogen-bond acceptors (Lipinski definition) is 4. The van der Waals surface area contributed by atoms with Gasteiger partial charge in [-0.15, -0.1) is 0 Å². The van der Waals surface area contributed by atoms with E-state index in [1.165, 1.54) is 0 Å². The van der Waals surface area contributed by atoms with E-state index in [1.54, 1.807) is 0 Å². The van der Waals surface area contributed by atoms with Crippen LogP contribution in [0.5, 0.6) is 0 Å². The molecule has 0 saturated carbocycles. The molecule has 2 aromatic rings. The number of hydrogen-bond donors (Lipinski definition) is 1. The zero-order chi connectivity index (χ0) is 20.1. The van der Waals surface area contributed by atoms with Gasteiger partial charge in [-0.05, 0) is 38.2 Å². The maximum atomic E-state index is 13.0. The third kappa shape index (κ3) is 3.41. The van der Waals surface area contributed by atoms with Gasteiger partial charge in [0.25, 0.3) is 5.91 Å². The summed E-state index contributed by atoms with van der Waals surface area (Å²) in [5.74, 6) is 0.172. The Hall–Kier alpha value is -2.43. The van der Waals surface area contributed by atoms with E-state index in [1.807, 2.05) is 37.2 Å². The number of amides is 1. The van der Waals surface area contributed by atoms with Gasteiger partial charge < -0.3 is 19.5 Å². The van der Waals surface area contributed by atoms with E-state index in [2.05, 4.69) is 50.9 Å². The Morgan fingerprint density at radius 1 is 1.28 bits per heavy atom. The maximum absolute atomic E-state index is 13.0. The van der Waals surface area contributed by atoms with Crippen LogP contribution in [-0.4, -0.2) is 56.6 Å². The SMILES string of the molecule is Cc1cn2cc(C3=CC(=O)N4C=C(N5CCN[C@H](C)C5)C=CC4P3)cc2c(C)n1. The van der Waals surface area contributed by atoms with Crippen molar-refractivity contribution in [2.75, 3.05) is 19.6 Å². The van der Waals surface area contributed by atoms with Crippen molar-refractivity contribution in [3.63, 3.8) is 0 Å². The highest BCUT2D eigenvalue weighted by molar-refractivity contribution is 7.51. The van der Waals surface area contributed by atoms with Gasteiger partial charge in [-0.3, -0.25) is 9.78 Å². The molecule has 0 bridgehead atoms. The maximum Gasteiger partial charge on any atom is 0.252 e. The van der Waals surface area contributed by atoms with Crippen molar-refractivity contribution in [3.8, 4) is 0 Å². The molecule has 0 spiro atoms. The van der Waals surface area contributed by atoms with E-state index in [0.717, 1.165) is 53.1 Å². The van der Waals surface area contributed by atoms with Crippen molar-refractivity contribution in [1.82, 2.24) is 24.5 Å². The van der Waals surface area contributed by atoms with Crippen LogP contribution in [0.4, 0.5) is 0 Å². The summed E-state index contributed by atoms with van der Waals surface area (Å²) in [6.45, 7) is 9.16. The summed E-state index contributed by atoms with van der Waals surface area (Å²) < 4.78 is 2.12. The lowest BCUT2D eigenvalue weighted by atomic mass is 10.2. The van der Waals surface area contributed by atoms with Gasteiger partial charge in [0.2, 0.25) is 0 Å². The van der Waals surface area contributed by atoms with Crippen LogP contribution in [0.25, 0.3) is 10.8 Å². The first kappa shape index (κ1) is 18.6. The molecule has 0 aromatic carbocycles. The summed E-state index contributed by atoms with van der Waals surface area (Å²) >= 11 is 0. The molecule has 3 aliphatic rings. The van der Waals surface area contributed by atoms with Crippen molar-refractivity contribution in [2.24, 2.45) is 0 Å². The predicted molar refractivity (Wildman–Crippen MR) is 118 cm³/mol. The second-order valence-corrected chi connectivity index (χ2v) is 9.51. The van der Waals surface area contributed by atoms with E-state index in [-0.39, 0.29) is 11.7 Å². The van der Waals surface area contributed by atoms with Gasteiger partial charge >= 0.3 is 0 Å². The minimum Gasteiger partial charge on any atom is -0.368 e. The first-order valence-corrected chi connectivity index (χ1v) is 11.2. The van der Waals surface area contributed by atoms with Gasteiger partial charge in [-0.1, -0.05) is 14.7 Å². The average Bonchev–Trinajstić information content (AvgIpc) is 3.12. The third-order valence-corrected chi connectivity index (χ3v) is 7.29. The average molecular weight is 407 g/mol. The molecule has 7 heteroatoms. The summed E-state index contributed by atoms with van der Waals surface area (Å²) in [7, 11) is 0.529. The van der Waals surface area contributed by atoms with Crippen LogP contribution in [0.2, 0.25) is 0 Å². The summed E-state index contributed by atoms with van der Waals surface area (Å²) in [6, 6.07) is 2.62. The summed E-state index contributed by atoms with van der Waals surface area (Å²) in [5, 5.41) is 4.59. The van der Waals surface area contributed by atoms with Gasteiger partial charge in [0.15, 0.2) is 0 Å². The monoisotopic (exact) mass is 407 g/mol. The molecule has 150 valence electrons. The quantitative estimate of drug-likeness (QED) is 0.778. The molecule has 2 aromatic heterocycles. The number of nitrogens with zero attached hydrogens (tertiary/aromatic N) is 4. The molecule has 1 amide bonds. The van der Waals surface area contributed by atoms with Crippen molar-refractivity contribution < 1.29 is 4.79 Å². The number of carbonyl (C=O) groups excluding carboxylic acids is 1. The Labute approximate surface area is 172 Å². The molecule has 5 heterocycles. The highest BCUT2D eigenvalue weighted by Crippen LogP contribution is 2.45. The number of allylic oxidation sites excluding steroid dienone is 1. The molecule has 3 aliphatic heterocycles. The molecule has 0 radical (unpaired) electrons. The number of aryl methyl sites for hydroxylation is 2. The van der Waals surface area contributed by atoms with Crippen LogP contribution >= 0.6 is 8.58 Å². The molecular formula is C22H26N5OP. The summed E-state index contributed by atoms with van der Waals surface area (Å²) in [4.78, 5) is 21.8. The molecule has 5 rings (SSSR count). The minimum absolute atomic E-state index is 0.0649. The number of rotatable bonds is 2. The van der Waals surface area contributed by atoms with Crippen molar-refractivity contribution in [3.05, 3.63) is 65.5 Å². The molecule has 1 saturated heterocycles. The third-order valence-electron chi connectivity index (χ3n) is 5.78. The number of piperazine rings is 1. The summed E-state index contributed by atoms with van der Waals surface area (Å²) in [5.41, 5.74) is 5.36. The van der Waals surface area contributed by atoms with Crippen LogP contribution in [0.3, 0.4) is 0 Å². The first-order chi connectivity index (χ1) is 14.0. The van der Waals surface area contributed by atoms with Crippen LogP contribution in [0, 0.1) is 13.8 Å². The van der Waals surface area contributed by atoms with Crippen molar-refractivity contribution in [2.45, 2.75) is 32.6 Å². The number of aromatic nitrogens is 2. The Kier molecular flexibility index (Phi) is 4.56. The fraction of sp³-hybridized carbons (Fsp3) is 0.364. The molecule has 29 heavy (non-hydrogen) atoms. The van der Waals surface area contributed by atoms with Gasteiger partial charge in [-0.25, -0.2) is 0 Å². The lowest BCUT2D eigenvalue weighted by Crippen LogP contribution is -2.49. The number of nitrogens with one attached hydrogen (secondary N) is 1. The van der Waals surface area contributed by atoms with Crippen molar-refractivity contribution in [1.29, 1.82) is 0 Å². The van der Waals surface area contributed by atoms with Crippen LogP contribution in [0.15, 0.2) is 48.6 Å². The standard InChI is InChI=1S/C22H26N5OP/c1-14-10-25(7-6-23-14)18-4-5-22-27(13-18)21(28)9-20(29-22)17-8-19-16(3)24-15(2)11-26(19)12-17/h4-5,8-9,11-14,22-23,29H,6-7,10H2,1-3H3/t14-,22?/m1/s1. The zero-order valence-corrected chi connectivity index (χ0v) is 18.0. The van der Waals surface area contributed by atoms with E-state index >= 15 is 0 Å². The highest BCUT2D eigenvalue weighted by Gasteiger charge is 2.30. The summed E-state index contributed by atoms with van der Waals surface area (Å²) in [6.07, 6.45) is 12.4. The molecule has 0 aliphatic carbocycles. The van der Waals surface area contributed by atoms with E-state index in [0.29, 0.717) is 14.6 Å². The van der Waals surface area contributed by atoms with Gasteiger partial charge in [-0.2, -0.15) is 0 Å². The Morgan fingerprint density at radius 2 is 2.14 bits per heavy atom. The lowest BCUT2D eigenvalue weighted by Gasteiger charge is -2.39. The molecular weight excluding hydrogens is 381 g/mol. The second kappa shape index (κ2) is 7.12. The zero-order valence-electron chi connectivity index (χ0n) is 17.0. The second-order valence-electron chi connectivity index (χ2n) is 8.10. The van der Waals surface area contributed by atoms with Crippen LogP contribution in [0.1, 0.15) is 23.9 Å². The normalized spacial score (nSPS) is 25.4. The minimum atomic E-state index is 0.0649. The fourth-order valence-electron chi connectivity index (χ4n) is 4.36. The fourth-order valence-corrected chi connectivity index (χ4v) is 5.72. The van der Waals surface area contributed by atoms with Crippen LogP contribution < -0.4 is 5.32 Å². The molecule has 2 unspecified atom stereocenters. The van der Waals surface area contributed by atoms with Gasteiger partial charge in [0.05, 0.1) is 28.4 Å². The number of fused-ring (bicyclic) bond motifs is 2. The van der Waals surface area contributed by atoms with Gasteiger partial charge in [0.1, 0.15) is 0 Å². The molecule has 1 fully saturated rings. The smallest absolute Gasteiger partial charge is 0.252 e. The Balaban J connectivity index is 1.43. The number of carbonyl (C=O) groups is 1. The molecule has 3 atom stereocenters. The van der Waals surface area contributed by atoms with E-state index in [4.69, 9.17) is 0 Å².